The first-order valence-corrected chi connectivity index (χ1v) is 14.3. The van der Waals surface area contributed by atoms with Crippen LogP contribution in [0.25, 0.3) is 0 Å². The van der Waals surface area contributed by atoms with Crippen LogP contribution in [0.15, 0.2) is 35.3 Å². The quantitative estimate of drug-likeness (QED) is 0.314. The van der Waals surface area contributed by atoms with Gasteiger partial charge in [-0.25, -0.2) is 0 Å². The summed E-state index contributed by atoms with van der Waals surface area (Å²) in [5, 5.41) is 2.96. The molecule has 1 N–H and O–H groups in total. The molecule has 2 aliphatic carbocycles. The third-order valence-corrected chi connectivity index (χ3v) is 9.04. The number of ether oxygens (including phenoxy) is 1. The zero-order valence-electron chi connectivity index (χ0n) is 22.8. The molecule has 0 radical (unpaired) electrons. The molecule has 0 spiro atoms. The highest BCUT2D eigenvalue weighted by Crippen LogP contribution is 2.57. The highest BCUT2D eigenvalue weighted by molar-refractivity contribution is 6.31. The number of hydrogen-bond acceptors (Lipinski definition) is 4. The maximum atomic E-state index is 13.2. The largest absolute Gasteiger partial charge is 0.496 e. The van der Waals surface area contributed by atoms with Gasteiger partial charge in [0.15, 0.2) is 5.78 Å². The molecule has 0 atom stereocenters. The van der Waals surface area contributed by atoms with Gasteiger partial charge in [0.2, 0.25) is 5.91 Å². The zero-order valence-corrected chi connectivity index (χ0v) is 23.6. The molecule has 1 aliphatic heterocycles. The van der Waals surface area contributed by atoms with Crippen LogP contribution >= 0.6 is 11.6 Å². The second-order valence-corrected chi connectivity index (χ2v) is 12.1. The molecular weight excluding hydrogens is 541 g/mol. The first kappa shape index (κ1) is 28.7. The smallest absolute Gasteiger partial charge is 0.403 e. The van der Waals surface area contributed by atoms with Crippen molar-refractivity contribution < 1.29 is 27.5 Å². The first-order valence-electron chi connectivity index (χ1n) is 13.9. The van der Waals surface area contributed by atoms with Crippen molar-refractivity contribution in [2.24, 2.45) is 22.2 Å². The van der Waals surface area contributed by atoms with Crippen molar-refractivity contribution in [1.82, 2.24) is 5.32 Å². The van der Waals surface area contributed by atoms with Crippen LogP contribution in [0, 0.1) is 17.3 Å². The van der Waals surface area contributed by atoms with Gasteiger partial charge < -0.3 is 10.1 Å². The number of fused-ring (bicyclic) bond motifs is 1. The number of aliphatic imine (C=N–C) groups is 1. The van der Waals surface area contributed by atoms with E-state index >= 15 is 0 Å². The SMILES string of the molecule is COc1cc2c(cc1C(=O)CC1CCC(C)CC1)N=C(Cc1cc(CNC(=O)C3(C(F)(F)F)CC3)ccc1Cl)C2. The Labute approximate surface area is 237 Å². The molecule has 1 heterocycles. The van der Waals surface area contributed by atoms with Crippen molar-refractivity contribution in [3.63, 3.8) is 0 Å². The molecule has 0 bridgehead atoms. The maximum absolute atomic E-state index is 13.2. The van der Waals surface area contributed by atoms with Gasteiger partial charge in [-0.05, 0) is 72.4 Å². The Balaban J connectivity index is 1.26. The molecule has 0 saturated heterocycles. The molecule has 214 valence electrons. The Morgan fingerprint density at radius 2 is 1.85 bits per heavy atom. The number of halogens is 4. The Hall–Kier alpha value is -2.87. The van der Waals surface area contributed by atoms with Crippen molar-refractivity contribution in [1.29, 1.82) is 0 Å². The van der Waals surface area contributed by atoms with Crippen LogP contribution in [0.4, 0.5) is 18.9 Å². The third-order valence-electron chi connectivity index (χ3n) is 8.67. The minimum absolute atomic E-state index is 0.0177. The summed E-state index contributed by atoms with van der Waals surface area (Å²) >= 11 is 6.45. The van der Waals surface area contributed by atoms with Crippen LogP contribution in [0.1, 0.15) is 78.9 Å². The fourth-order valence-corrected chi connectivity index (χ4v) is 6.07. The molecule has 0 unspecified atom stereocenters. The molecule has 2 aromatic carbocycles. The number of rotatable bonds is 9. The number of methoxy groups -OCH3 is 1. The van der Waals surface area contributed by atoms with Crippen molar-refractivity contribution in [3.8, 4) is 5.75 Å². The summed E-state index contributed by atoms with van der Waals surface area (Å²) < 4.78 is 45.3. The average molecular weight is 575 g/mol. The third kappa shape index (κ3) is 5.92. The first-order chi connectivity index (χ1) is 19.0. The van der Waals surface area contributed by atoms with Gasteiger partial charge in [0, 0.05) is 36.5 Å². The number of nitrogens with one attached hydrogen (secondary N) is 1. The molecule has 9 heteroatoms. The monoisotopic (exact) mass is 574 g/mol. The number of amides is 1. The molecule has 2 aromatic rings. The lowest BCUT2D eigenvalue weighted by atomic mass is 9.80. The van der Waals surface area contributed by atoms with Crippen LogP contribution in [-0.2, 0) is 24.2 Å². The van der Waals surface area contributed by atoms with Crippen LogP contribution < -0.4 is 10.1 Å². The van der Waals surface area contributed by atoms with E-state index in [9.17, 15) is 22.8 Å². The van der Waals surface area contributed by atoms with Crippen LogP contribution in [0.3, 0.4) is 0 Å². The Morgan fingerprint density at radius 3 is 2.50 bits per heavy atom. The summed E-state index contributed by atoms with van der Waals surface area (Å²) in [7, 11) is 1.57. The number of nitrogens with zero attached hydrogens (tertiary/aromatic N) is 1. The number of hydrogen-bond donors (Lipinski definition) is 1. The van der Waals surface area contributed by atoms with Gasteiger partial charge in [0.25, 0.3) is 0 Å². The van der Waals surface area contributed by atoms with Gasteiger partial charge in [-0.2, -0.15) is 13.2 Å². The van der Waals surface area contributed by atoms with Crippen LogP contribution in [0.2, 0.25) is 5.02 Å². The molecule has 0 aromatic heterocycles. The Kier molecular flexibility index (Phi) is 8.01. The lowest BCUT2D eigenvalue weighted by Gasteiger charge is -2.25. The summed E-state index contributed by atoms with van der Waals surface area (Å²) in [5.41, 5.74) is 2.32. The molecule has 5 nitrogen and oxygen atoms in total. The highest BCUT2D eigenvalue weighted by atomic mass is 35.5. The van der Waals surface area contributed by atoms with E-state index < -0.39 is 17.5 Å². The van der Waals surface area contributed by atoms with Crippen LogP contribution in [-0.4, -0.2) is 30.7 Å². The fourth-order valence-electron chi connectivity index (χ4n) is 5.89. The second kappa shape index (κ2) is 11.2. The van der Waals surface area contributed by atoms with Crippen LogP contribution in [0.5, 0.6) is 5.75 Å². The van der Waals surface area contributed by atoms with Gasteiger partial charge in [-0.1, -0.05) is 43.5 Å². The number of ketones is 1. The minimum Gasteiger partial charge on any atom is -0.496 e. The number of alkyl halides is 3. The maximum Gasteiger partial charge on any atom is 0.403 e. The van der Waals surface area contributed by atoms with E-state index in [1.54, 1.807) is 25.3 Å². The van der Waals surface area contributed by atoms with E-state index in [1.807, 2.05) is 12.1 Å². The van der Waals surface area contributed by atoms with Gasteiger partial charge in [0.05, 0.1) is 18.4 Å². The Bertz CT molecular complexity index is 1340. The topological polar surface area (TPSA) is 67.8 Å². The van der Waals surface area contributed by atoms with Crippen molar-refractivity contribution in [2.75, 3.05) is 7.11 Å². The summed E-state index contributed by atoms with van der Waals surface area (Å²) in [6.07, 6.45) is 1.12. The van der Waals surface area contributed by atoms with E-state index in [4.69, 9.17) is 21.3 Å². The minimum atomic E-state index is -4.54. The van der Waals surface area contributed by atoms with E-state index in [0.717, 1.165) is 54.1 Å². The average Bonchev–Trinajstić information content (AvgIpc) is 3.65. The predicted molar refractivity (Wildman–Crippen MR) is 149 cm³/mol. The lowest BCUT2D eigenvalue weighted by molar-refractivity contribution is -0.192. The standard InChI is InChI=1S/C31H34ClF3N2O3/c1-18-3-5-19(6-4-18)12-27(38)24-16-26-22(15-28(24)40-2)14-23(37-26)13-21-11-20(7-8-25(21)32)17-36-29(39)30(9-10-30)31(33,34)35/h7-8,11,15-16,18-19H,3-6,9-10,12-14,17H2,1-2H3,(H,36,39). The summed E-state index contributed by atoms with van der Waals surface area (Å²) in [6.45, 7) is 2.25. The lowest BCUT2D eigenvalue weighted by Crippen LogP contribution is -2.40. The van der Waals surface area contributed by atoms with Crippen molar-refractivity contribution in [3.05, 3.63) is 57.6 Å². The number of carbonyl (C=O) groups excluding carboxylic acids is 2. The number of benzene rings is 2. The normalized spacial score (nSPS) is 21.4. The predicted octanol–water partition coefficient (Wildman–Crippen LogP) is 7.58. The molecule has 2 fully saturated rings. The van der Waals surface area contributed by atoms with Gasteiger partial charge in [-0.15, -0.1) is 0 Å². The Morgan fingerprint density at radius 1 is 1.12 bits per heavy atom. The number of carbonyl (C=O) groups is 2. The summed E-state index contributed by atoms with van der Waals surface area (Å²) in [5.74, 6) is 0.796. The molecule has 3 aliphatic rings. The number of Topliss-reactive ketones (excluding diaryl/α,β-unsaturated/α-hetero) is 1. The van der Waals surface area contributed by atoms with Gasteiger partial charge in [-0.3, -0.25) is 14.6 Å². The summed E-state index contributed by atoms with van der Waals surface area (Å²) in [4.78, 5) is 30.3. The summed E-state index contributed by atoms with van der Waals surface area (Å²) in [6, 6.07) is 8.90. The van der Waals surface area contributed by atoms with Crippen molar-refractivity contribution >= 4 is 34.7 Å². The van der Waals surface area contributed by atoms with E-state index in [2.05, 4.69) is 12.2 Å². The molecule has 2 saturated carbocycles. The molecule has 40 heavy (non-hydrogen) atoms. The second-order valence-electron chi connectivity index (χ2n) is 11.7. The van der Waals surface area contributed by atoms with Gasteiger partial charge in [0.1, 0.15) is 11.2 Å². The fraction of sp³-hybridized carbons (Fsp3) is 0.516. The van der Waals surface area contributed by atoms with Gasteiger partial charge >= 0.3 is 6.18 Å². The van der Waals surface area contributed by atoms with E-state index in [0.29, 0.717) is 47.1 Å². The highest BCUT2D eigenvalue weighted by Gasteiger charge is 2.68. The van der Waals surface area contributed by atoms with Crippen molar-refractivity contribution in [2.45, 2.75) is 77.4 Å². The zero-order chi connectivity index (χ0) is 28.7. The van der Waals surface area contributed by atoms with E-state index in [1.165, 1.54) is 0 Å². The molecule has 1 amide bonds. The molecular formula is C31H34ClF3N2O3. The van der Waals surface area contributed by atoms with E-state index in [-0.39, 0.29) is 25.2 Å². The molecule has 5 rings (SSSR count).